The minimum absolute atomic E-state index is 0.0944. The monoisotopic (exact) mass is 237 g/mol. The fourth-order valence-corrected chi connectivity index (χ4v) is 1.75. The lowest BCUT2D eigenvalue weighted by molar-refractivity contribution is -0.139. The normalized spacial score (nSPS) is 16.0. The molecule has 1 heterocycles. The zero-order chi connectivity index (χ0) is 12.7. The van der Waals surface area contributed by atoms with Crippen LogP contribution in [0.25, 0.3) is 0 Å². The van der Waals surface area contributed by atoms with E-state index in [-0.39, 0.29) is 11.3 Å². The van der Waals surface area contributed by atoms with Crippen LogP contribution < -0.4 is 4.90 Å². The number of ketones is 1. The van der Waals surface area contributed by atoms with E-state index in [1.54, 1.807) is 0 Å². The topological polar surface area (TPSA) is 74.7 Å². The number of carboxylic acid groups (broad SMARTS) is 1. The van der Waals surface area contributed by atoms with E-state index in [4.69, 9.17) is 5.11 Å². The van der Waals surface area contributed by atoms with Crippen molar-refractivity contribution in [3.05, 3.63) is 29.6 Å². The molecule has 1 aromatic carbocycles. The number of carboxylic acids is 1. The van der Waals surface area contributed by atoms with Gasteiger partial charge in [-0.1, -0.05) is 6.07 Å². The van der Waals surface area contributed by atoms with Gasteiger partial charge < -0.3 is 5.11 Å². The van der Waals surface area contributed by atoms with E-state index in [0.717, 1.165) is 6.07 Å². The number of para-hydroxylation sites is 1. The predicted molar refractivity (Wildman–Crippen MR) is 55.3 cm³/mol. The first kappa shape index (κ1) is 11.3. The number of carbonyl (C=O) groups is 3. The van der Waals surface area contributed by atoms with Gasteiger partial charge in [0.15, 0.2) is 0 Å². The molecule has 1 amide bonds. The zero-order valence-corrected chi connectivity index (χ0v) is 8.81. The Labute approximate surface area is 95.5 Å². The average molecular weight is 237 g/mol. The smallest absolute Gasteiger partial charge is 0.326 e. The zero-order valence-electron chi connectivity index (χ0n) is 8.81. The molecule has 0 radical (unpaired) electrons. The summed E-state index contributed by atoms with van der Waals surface area (Å²) >= 11 is 0. The molecule has 88 valence electrons. The van der Waals surface area contributed by atoms with Crippen LogP contribution in [0.5, 0.6) is 0 Å². The maximum atomic E-state index is 13.6. The van der Waals surface area contributed by atoms with E-state index in [0.29, 0.717) is 4.90 Å². The third kappa shape index (κ3) is 1.49. The molecule has 0 unspecified atom stereocenters. The Morgan fingerprint density at radius 1 is 1.41 bits per heavy atom. The van der Waals surface area contributed by atoms with E-state index >= 15 is 0 Å². The molecule has 1 aromatic rings. The first-order valence-electron chi connectivity index (χ1n) is 4.84. The SMILES string of the molecule is C[C@@H](C(=O)O)N1C(=O)C(=O)c2cccc(F)c21. The molecule has 0 fully saturated rings. The van der Waals surface area contributed by atoms with Gasteiger partial charge in [-0.15, -0.1) is 0 Å². The van der Waals surface area contributed by atoms with Crippen molar-refractivity contribution in [1.29, 1.82) is 0 Å². The molecular formula is C11H8FNO4. The van der Waals surface area contributed by atoms with Crippen molar-refractivity contribution in [3.8, 4) is 0 Å². The summed E-state index contributed by atoms with van der Waals surface area (Å²) in [5, 5.41) is 8.84. The number of rotatable bonds is 2. The van der Waals surface area contributed by atoms with Crippen molar-refractivity contribution in [1.82, 2.24) is 0 Å². The Kier molecular flexibility index (Phi) is 2.42. The number of nitrogens with zero attached hydrogens (tertiary/aromatic N) is 1. The number of aliphatic carboxylic acids is 1. The lowest BCUT2D eigenvalue weighted by Gasteiger charge is -2.21. The molecular weight excluding hydrogens is 229 g/mol. The number of carbonyl (C=O) groups excluding carboxylic acids is 2. The van der Waals surface area contributed by atoms with Crippen molar-refractivity contribution >= 4 is 23.3 Å². The van der Waals surface area contributed by atoms with Gasteiger partial charge in [0.2, 0.25) is 0 Å². The maximum Gasteiger partial charge on any atom is 0.326 e. The molecule has 5 nitrogen and oxygen atoms in total. The molecule has 0 bridgehead atoms. The number of hydrogen-bond acceptors (Lipinski definition) is 3. The number of benzene rings is 1. The molecule has 0 aliphatic carbocycles. The third-order valence-electron chi connectivity index (χ3n) is 2.63. The van der Waals surface area contributed by atoms with Gasteiger partial charge in [-0.3, -0.25) is 14.5 Å². The summed E-state index contributed by atoms with van der Waals surface area (Å²) in [5.74, 6) is -3.98. The Hall–Kier alpha value is -2.24. The molecule has 2 rings (SSSR count). The number of fused-ring (bicyclic) bond motifs is 1. The highest BCUT2D eigenvalue weighted by Crippen LogP contribution is 2.33. The molecule has 0 spiro atoms. The number of Topliss-reactive ketones (excluding diaryl/α,β-unsaturated/α-hetero) is 1. The summed E-state index contributed by atoms with van der Waals surface area (Å²) in [7, 11) is 0. The van der Waals surface area contributed by atoms with Crippen LogP contribution in [0.3, 0.4) is 0 Å². The van der Waals surface area contributed by atoms with E-state index < -0.39 is 29.5 Å². The highest BCUT2D eigenvalue weighted by molar-refractivity contribution is 6.52. The minimum atomic E-state index is -1.30. The number of halogens is 1. The van der Waals surface area contributed by atoms with Crippen LogP contribution in [0.4, 0.5) is 10.1 Å². The highest BCUT2D eigenvalue weighted by atomic mass is 19.1. The van der Waals surface area contributed by atoms with Gasteiger partial charge >= 0.3 is 5.97 Å². The number of hydrogen-bond donors (Lipinski definition) is 1. The van der Waals surface area contributed by atoms with Crippen LogP contribution in [0.1, 0.15) is 17.3 Å². The minimum Gasteiger partial charge on any atom is -0.480 e. The van der Waals surface area contributed by atoms with E-state index in [1.165, 1.54) is 19.1 Å². The van der Waals surface area contributed by atoms with Crippen LogP contribution in [0.2, 0.25) is 0 Å². The van der Waals surface area contributed by atoms with Gasteiger partial charge in [-0.25, -0.2) is 9.18 Å². The van der Waals surface area contributed by atoms with Crippen molar-refractivity contribution < 1.29 is 23.9 Å². The van der Waals surface area contributed by atoms with Crippen molar-refractivity contribution in [3.63, 3.8) is 0 Å². The van der Waals surface area contributed by atoms with E-state index in [2.05, 4.69) is 0 Å². The van der Waals surface area contributed by atoms with Gasteiger partial charge in [0, 0.05) is 0 Å². The Balaban J connectivity index is 2.62. The fourth-order valence-electron chi connectivity index (χ4n) is 1.75. The van der Waals surface area contributed by atoms with Gasteiger partial charge in [-0.05, 0) is 19.1 Å². The lowest BCUT2D eigenvalue weighted by atomic mass is 10.1. The number of amides is 1. The molecule has 1 aliphatic heterocycles. The predicted octanol–water partition coefficient (Wildman–Crippen LogP) is 0.828. The van der Waals surface area contributed by atoms with Gasteiger partial charge in [-0.2, -0.15) is 0 Å². The second kappa shape index (κ2) is 3.65. The van der Waals surface area contributed by atoms with Crippen LogP contribution in [-0.4, -0.2) is 28.8 Å². The van der Waals surface area contributed by atoms with Crippen LogP contribution in [0.15, 0.2) is 18.2 Å². The van der Waals surface area contributed by atoms with E-state index in [9.17, 15) is 18.8 Å². The average Bonchev–Trinajstić information content (AvgIpc) is 2.53. The van der Waals surface area contributed by atoms with Crippen LogP contribution in [0, 0.1) is 5.82 Å². The third-order valence-corrected chi connectivity index (χ3v) is 2.63. The molecule has 0 aromatic heterocycles. The first-order valence-corrected chi connectivity index (χ1v) is 4.84. The molecule has 17 heavy (non-hydrogen) atoms. The van der Waals surface area contributed by atoms with Gasteiger partial charge in [0.25, 0.3) is 11.7 Å². The molecule has 0 saturated heterocycles. The Bertz CT molecular complexity index is 540. The summed E-state index contributed by atoms with van der Waals surface area (Å²) in [6, 6.07) is 2.39. The van der Waals surface area contributed by atoms with Crippen LogP contribution in [-0.2, 0) is 9.59 Å². The highest BCUT2D eigenvalue weighted by Gasteiger charge is 2.42. The van der Waals surface area contributed by atoms with Gasteiger partial charge in [0.1, 0.15) is 11.9 Å². The molecule has 0 saturated carbocycles. The lowest BCUT2D eigenvalue weighted by Crippen LogP contribution is -2.42. The standard InChI is InChI=1S/C11H8FNO4/c1-5(11(16)17)13-8-6(9(14)10(13)15)3-2-4-7(8)12/h2-5H,1H3,(H,16,17)/t5-/m0/s1. The summed E-state index contributed by atoms with van der Waals surface area (Å²) in [5.41, 5.74) is -0.347. The summed E-state index contributed by atoms with van der Waals surface area (Å²) in [4.78, 5) is 34.7. The Morgan fingerprint density at radius 2 is 2.06 bits per heavy atom. The second-order valence-corrected chi connectivity index (χ2v) is 3.65. The molecule has 1 N–H and O–H groups in total. The summed E-state index contributed by atoms with van der Waals surface area (Å²) < 4.78 is 13.6. The van der Waals surface area contributed by atoms with Gasteiger partial charge in [0.05, 0.1) is 11.3 Å². The molecule has 1 atom stereocenters. The first-order chi connectivity index (χ1) is 7.95. The second-order valence-electron chi connectivity index (χ2n) is 3.65. The molecule has 6 heteroatoms. The maximum absolute atomic E-state index is 13.6. The van der Waals surface area contributed by atoms with E-state index in [1.807, 2.05) is 0 Å². The van der Waals surface area contributed by atoms with Crippen molar-refractivity contribution in [2.24, 2.45) is 0 Å². The summed E-state index contributed by atoms with van der Waals surface area (Å²) in [6.45, 7) is 1.22. The summed E-state index contributed by atoms with van der Waals surface area (Å²) in [6.07, 6.45) is 0. The quantitative estimate of drug-likeness (QED) is 0.773. The fraction of sp³-hybridized carbons (Fsp3) is 0.182. The number of anilines is 1. The largest absolute Gasteiger partial charge is 0.480 e. The van der Waals surface area contributed by atoms with Crippen molar-refractivity contribution in [2.45, 2.75) is 13.0 Å². The molecule has 1 aliphatic rings. The van der Waals surface area contributed by atoms with Crippen molar-refractivity contribution in [2.75, 3.05) is 4.90 Å². The van der Waals surface area contributed by atoms with Crippen LogP contribution >= 0.6 is 0 Å². The Morgan fingerprint density at radius 3 is 2.65 bits per heavy atom.